The molecule has 1 aliphatic heterocycles. The Balaban J connectivity index is 1.51. The minimum atomic E-state index is 0.352. The van der Waals surface area contributed by atoms with Crippen LogP contribution in [0, 0.1) is 13.8 Å². The van der Waals surface area contributed by atoms with Gasteiger partial charge in [-0.3, -0.25) is 0 Å². The molecule has 134 valence electrons. The van der Waals surface area contributed by atoms with Gasteiger partial charge in [0, 0.05) is 12.1 Å². The molecule has 2 N–H and O–H groups in total. The van der Waals surface area contributed by atoms with Gasteiger partial charge in [0.15, 0.2) is 0 Å². The van der Waals surface area contributed by atoms with Gasteiger partial charge in [-0.1, -0.05) is 24.3 Å². The van der Waals surface area contributed by atoms with E-state index >= 15 is 0 Å². The molecule has 0 unspecified atom stereocenters. The Hall–Kier alpha value is -2.00. The van der Waals surface area contributed by atoms with Gasteiger partial charge in [-0.15, -0.1) is 0 Å². The average Bonchev–Trinajstić information content (AvgIpc) is 2.63. The van der Waals surface area contributed by atoms with Crippen LogP contribution < -0.4 is 9.80 Å². The first-order valence-corrected chi connectivity index (χ1v) is 9.47. The van der Waals surface area contributed by atoms with E-state index in [1.807, 2.05) is 12.1 Å². The fraction of sp³-hybridized carbons (Fsp3) is 0.455. The van der Waals surface area contributed by atoms with Crippen LogP contribution in [-0.2, 0) is 6.42 Å². The molecule has 0 saturated carbocycles. The number of phenolic OH excluding ortho intramolecular Hbond substituents is 1. The number of rotatable bonds is 5. The van der Waals surface area contributed by atoms with Crippen LogP contribution >= 0.6 is 0 Å². The zero-order valence-corrected chi connectivity index (χ0v) is 15.8. The summed E-state index contributed by atoms with van der Waals surface area (Å²) >= 11 is 0. The van der Waals surface area contributed by atoms with Crippen LogP contribution in [0.2, 0.25) is 0 Å². The fourth-order valence-electron chi connectivity index (χ4n) is 3.84. The minimum Gasteiger partial charge on any atom is -0.508 e. The summed E-state index contributed by atoms with van der Waals surface area (Å²) in [7, 11) is 0. The normalized spacial score (nSPS) is 16.8. The van der Waals surface area contributed by atoms with Crippen LogP contribution in [0.4, 0.5) is 5.69 Å². The maximum absolute atomic E-state index is 9.38. The van der Waals surface area contributed by atoms with E-state index in [0.29, 0.717) is 11.8 Å². The smallest absolute Gasteiger partial charge is 0.115 e. The Kier molecular flexibility index (Phi) is 5.64. The van der Waals surface area contributed by atoms with Crippen molar-refractivity contribution < 1.29 is 10.0 Å². The predicted octanol–water partition coefficient (Wildman–Crippen LogP) is 2.74. The van der Waals surface area contributed by atoms with E-state index in [0.717, 1.165) is 19.5 Å². The van der Waals surface area contributed by atoms with Gasteiger partial charge in [-0.05, 0) is 62.1 Å². The molecule has 0 amide bonds. The summed E-state index contributed by atoms with van der Waals surface area (Å²) in [5.41, 5.74) is 5.46. The summed E-state index contributed by atoms with van der Waals surface area (Å²) in [5, 5.41) is 9.38. The third-order valence-electron chi connectivity index (χ3n) is 5.61. The SMILES string of the molecule is Cc1ccc(C)c(N2CC[NH+]([C@@H](C)CCc3ccc(O)cc3)CC2)c1. The summed E-state index contributed by atoms with van der Waals surface area (Å²) in [4.78, 5) is 4.28. The largest absolute Gasteiger partial charge is 0.508 e. The lowest BCUT2D eigenvalue weighted by Crippen LogP contribution is -3.18. The van der Waals surface area contributed by atoms with Crippen LogP contribution in [0.15, 0.2) is 42.5 Å². The lowest BCUT2D eigenvalue weighted by molar-refractivity contribution is -0.924. The molecule has 3 heteroatoms. The zero-order chi connectivity index (χ0) is 17.8. The second kappa shape index (κ2) is 7.92. The van der Waals surface area contributed by atoms with Crippen LogP contribution in [0.3, 0.4) is 0 Å². The van der Waals surface area contributed by atoms with Crippen molar-refractivity contribution in [2.45, 2.75) is 39.7 Å². The summed E-state index contributed by atoms with van der Waals surface area (Å²) in [6, 6.07) is 15.1. The van der Waals surface area contributed by atoms with Gasteiger partial charge in [0.05, 0.1) is 32.2 Å². The molecular formula is C22H31N2O+. The number of hydrogen-bond acceptors (Lipinski definition) is 2. The molecule has 2 aromatic rings. The van der Waals surface area contributed by atoms with Gasteiger partial charge in [0.2, 0.25) is 0 Å². The second-order valence-electron chi connectivity index (χ2n) is 7.54. The number of nitrogens with zero attached hydrogens (tertiary/aromatic N) is 1. The molecule has 0 aliphatic carbocycles. The summed E-state index contributed by atoms with van der Waals surface area (Å²) < 4.78 is 0. The monoisotopic (exact) mass is 339 g/mol. The van der Waals surface area contributed by atoms with Crippen molar-refractivity contribution in [1.29, 1.82) is 0 Å². The van der Waals surface area contributed by atoms with E-state index in [9.17, 15) is 5.11 Å². The number of anilines is 1. The van der Waals surface area contributed by atoms with E-state index in [4.69, 9.17) is 0 Å². The van der Waals surface area contributed by atoms with Gasteiger partial charge in [-0.2, -0.15) is 0 Å². The van der Waals surface area contributed by atoms with Crippen LogP contribution in [0.1, 0.15) is 30.0 Å². The van der Waals surface area contributed by atoms with Crippen molar-refractivity contribution in [2.24, 2.45) is 0 Å². The maximum atomic E-state index is 9.38. The predicted molar refractivity (Wildman–Crippen MR) is 105 cm³/mol. The molecule has 3 rings (SSSR count). The highest BCUT2D eigenvalue weighted by molar-refractivity contribution is 5.55. The summed E-state index contributed by atoms with van der Waals surface area (Å²) in [6.07, 6.45) is 2.29. The van der Waals surface area contributed by atoms with Crippen molar-refractivity contribution in [3.05, 3.63) is 59.2 Å². The van der Waals surface area contributed by atoms with Crippen LogP contribution in [-0.4, -0.2) is 37.3 Å². The molecule has 1 fully saturated rings. The first-order chi connectivity index (χ1) is 12.0. The molecule has 0 spiro atoms. The number of aryl methyl sites for hydroxylation is 3. The summed E-state index contributed by atoms with van der Waals surface area (Å²) in [6.45, 7) is 11.5. The Morgan fingerprint density at radius 1 is 1.04 bits per heavy atom. The lowest BCUT2D eigenvalue weighted by Gasteiger charge is -2.37. The Bertz CT molecular complexity index is 688. The molecular weight excluding hydrogens is 308 g/mol. The molecule has 1 aliphatic rings. The lowest BCUT2D eigenvalue weighted by atomic mass is 10.0. The van der Waals surface area contributed by atoms with Crippen molar-refractivity contribution >= 4 is 5.69 Å². The Morgan fingerprint density at radius 2 is 1.72 bits per heavy atom. The van der Waals surface area contributed by atoms with Crippen molar-refractivity contribution in [2.75, 3.05) is 31.1 Å². The van der Waals surface area contributed by atoms with E-state index in [2.05, 4.69) is 43.9 Å². The molecule has 3 nitrogen and oxygen atoms in total. The summed E-state index contributed by atoms with van der Waals surface area (Å²) in [5.74, 6) is 0.352. The first kappa shape index (κ1) is 17.8. The molecule has 0 radical (unpaired) electrons. The molecule has 0 aromatic heterocycles. The average molecular weight is 340 g/mol. The highest BCUT2D eigenvalue weighted by atomic mass is 16.3. The minimum absolute atomic E-state index is 0.352. The highest BCUT2D eigenvalue weighted by Crippen LogP contribution is 2.21. The number of phenols is 1. The topological polar surface area (TPSA) is 27.9 Å². The Labute approximate surface area is 151 Å². The number of quaternary nitrogens is 1. The molecule has 25 heavy (non-hydrogen) atoms. The first-order valence-electron chi connectivity index (χ1n) is 9.47. The third-order valence-corrected chi connectivity index (χ3v) is 5.61. The van der Waals surface area contributed by atoms with Crippen molar-refractivity contribution in [3.63, 3.8) is 0 Å². The van der Waals surface area contributed by atoms with E-state index in [1.54, 1.807) is 17.0 Å². The van der Waals surface area contributed by atoms with Gasteiger partial charge >= 0.3 is 0 Å². The molecule has 2 aromatic carbocycles. The van der Waals surface area contributed by atoms with E-state index in [1.165, 1.54) is 41.9 Å². The maximum Gasteiger partial charge on any atom is 0.115 e. The number of nitrogens with one attached hydrogen (secondary N) is 1. The molecule has 0 bridgehead atoms. The van der Waals surface area contributed by atoms with Gasteiger partial charge in [0.1, 0.15) is 5.75 Å². The van der Waals surface area contributed by atoms with Gasteiger partial charge in [0.25, 0.3) is 0 Å². The van der Waals surface area contributed by atoms with Crippen molar-refractivity contribution in [1.82, 2.24) is 0 Å². The van der Waals surface area contributed by atoms with E-state index < -0.39 is 0 Å². The van der Waals surface area contributed by atoms with E-state index in [-0.39, 0.29) is 0 Å². The second-order valence-corrected chi connectivity index (χ2v) is 7.54. The molecule has 1 saturated heterocycles. The molecule has 1 atom stereocenters. The zero-order valence-electron chi connectivity index (χ0n) is 15.8. The Morgan fingerprint density at radius 3 is 2.40 bits per heavy atom. The number of aromatic hydroxyl groups is 1. The van der Waals surface area contributed by atoms with Gasteiger partial charge in [-0.25, -0.2) is 0 Å². The third kappa shape index (κ3) is 4.55. The number of benzene rings is 2. The number of hydrogen-bond donors (Lipinski definition) is 2. The quantitative estimate of drug-likeness (QED) is 0.877. The molecule has 1 heterocycles. The fourth-order valence-corrected chi connectivity index (χ4v) is 3.84. The number of piperazine rings is 1. The van der Waals surface area contributed by atoms with Gasteiger partial charge < -0.3 is 14.9 Å². The standard InChI is InChI=1S/C22H30N2O/c1-17-4-5-18(2)22(16-17)24-14-12-23(13-15-24)19(3)6-7-20-8-10-21(25)11-9-20/h4-5,8-11,16,19,25H,6-7,12-15H2,1-3H3/p+1/t19-/m0/s1. The highest BCUT2D eigenvalue weighted by Gasteiger charge is 2.25. The van der Waals surface area contributed by atoms with Crippen molar-refractivity contribution in [3.8, 4) is 5.75 Å². The van der Waals surface area contributed by atoms with Crippen LogP contribution in [0.5, 0.6) is 5.75 Å². The van der Waals surface area contributed by atoms with Crippen LogP contribution in [0.25, 0.3) is 0 Å².